The summed E-state index contributed by atoms with van der Waals surface area (Å²) in [6.07, 6.45) is 1.37. The predicted molar refractivity (Wildman–Crippen MR) is 78.1 cm³/mol. The Hall–Kier alpha value is -2.14. The molecule has 1 amide bonds. The van der Waals surface area contributed by atoms with Gasteiger partial charge in [-0.25, -0.2) is 4.98 Å². The predicted octanol–water partition coefficient (Wildman–Crippen LogP) is 2.15. The zero-order valence-corrected chi connectivity index (χ0v) is 11.9. The first-order chi connectivity index (χ1) is 9.49. The molecule has 5 nitrogen and oxygen atoms in total. The molecular formula is C14H14ClN3O2. The van der Waals surface area contributed by atoms with Crippen molar-refractivity contribution in [1.29, 1.82) is 0 Å². The van der Waals surface area contributed by atoms with Crippen LogP contribution in [0.2, 0.25) is 5.02 Å². The highest BCUT2D eigenvalue weighted by Gasteiger charge is 2.09. The SMILES string of the molecule is Cc1ncn(CC(=O)Nc2ccccc2Cl)c(=O)c1C. The summed E-state index contributed by atoms with van der Waals surface area (Å²) in [7, 11) is 0. The number of nitrogens with zero attached hydrogens (tertiary/aromatic N) is 2. The molecule has 1 aromatic carbocycles. The molecule has 2 rings (SSSR count). The van der Waals surface area contributed by atoms with Gasteiger partial charge in [0.15, 0.2) is 0 Å². The van der Waals surface area contributed by atoms with Crippen molar-refractivity contribution >= 4 is 23.2 Å². The fourth-order valence-corrected chi connectivity index (χ4v) is 1.88. The van der Waals surface area contributed by atoms with Crippen molar-refractivity contribution in [2.24, 2.45) is 0 Å². The first kappa shape index (κ1) is 14.3. The largest absolute Gasteiger partial charge is 0.323 e. The molecule has 1 heterocycles. The van der Waals surface area contributed by atoms with E-state index in [9.17, 15) is 9.59 Å². The monoisotopic (exact) mass is 291 g/mol. The molecule has 0 aliphatic rings. The van der Waals surface area contributed by atoms with Crippen molar-refractivity contribution < 1.29 is 4.79 Å². The molecule has 0 unspecified atom stereocenters. The molecule has 1 N–H and O–H groups in total. The van der Waals surface area contributed by atoms with Gasteiger partial charge in [0.2, 0.25) is 5.91 Å². The zero-order valence-electron chi connectivity index (χ0n) is 11.2. The van der Waals surface area contributed by atoms with Crippen molar-refractivity contribution in [2.75, 3.05) is 5.32 Å². The normalized spacial score (nSPS) is 10.3. The van der Waals surface area contributed by atoms with Gasteiger partial charge in [-0.2, -0.15) is 0 Å². The molecule has 104 valence electrons. The van der Waals surface area contributed by atoms with Crippen molar-refractivity contribution in [1.82, 2.24) is 9.55 Å². The maximum atomic E-state index is 12.0. The number of rotatable bonds is 3. The van der Waals surface area contributed by atoms with Crippen LogP contribution in [0.25, 0.3) is 0 Å². The molecular weight excluding hydrogens is 278 g/mol. The Morgan fingerprint density at radius 1 is 1.35 bits per heavy atom. The van der Waals surface area contributed by atoms with Crippen LogP contribution in [0, 0.1) is 13.8 Å². The fourth-order valence-electron chi connectivity index (χ4n) is 1.70. The second-order valence-corrected chi connectivity index (χ2v) is 4.82. The van der Waals surface area contributed by atoms with E-state index in [1.54, 1.807) is 38.1 Å². The van der Waals surface area contributed by atoms with E-state index in [1.807, 2.05) is 0 Å². The van der Waals surface area contributed by atoms with Crippen LogP contribution in [0.5, 0.6) is 0 Å². The highest BCUT2D eigenvalue weighted by molar-refractivity contribution is 6.33. The topological polar surface area (TPSA) is 64.0 Å². The van der Waals surface area contributed by atoms with Gasteiger partial charge < -0.3 is 5.32 Å². The first-order valence-corrected chi connectivity index (χ1v) is 6.44. The number of anilines is 1. The van der Waals surface area contributed by atoms with Crippen LogP contribution in [0.4, 0.5) is 5.69 Å². The Balaban J connectivity index is 2.15. The first-order valence-electron chi connectivity index (χ1n) is 6.06. The number of carbonyl (C=O) groups is 1. The molecule has 1 aromatic heterocycles. The van der Waals surface area contributed by atoms with Crippen LogP contribution in [0.15, 0.2) is 35.4 Å². The Kier molecular flexibility index (Phi) is 4.20. The number of amides is 1. The second kappa shape index (κ2) is 5.88. The maximum absolute atomic E-state index is 12.0. The summed E-state index contributed by atoms with van der Waals surface area (Å²) in [4.78, 5) is 28.0. The lowest BCUT2D eigenvalue weighted by Gasteiger charge is -2.09. The summed E-state index contributed by atoms with van der Waals surface area (Å²) >= 11 is 5.95. The zero-order chi connectivity index (χ0) is 14.7. The van der Waals surface area contributed by atoms with E-state index in [2.05, 4.69) is 10.3 Å². The van der Waals surface area contributed by atoms with Gasteiger partial charge in [-0.1, -0.05) is 23.7 Å². The summed E-state index contributed by atoms with van der Waals surface area (Å²) in [6.45, 7) is 3.34. The number of hydrogen-bond acceptors (Lipinski definition) is 3. The summed E-state index contributed by atoms with van der Waals surface area (Å²) in [5.74, 6) is -0.328. The lowest BCUT2D eigenvalue weighted by molar-refractivity contribution is -0.116. The van der Waals surface area contributed by atoms with E-state index in [1.165, 1.54) is 10.9 Å². The van der Waals surface area contributed by atoms with Crippen molar-refractivity contribution in [3.8, 4) is 0 Å². The third-order valence-electron chi connectivity index (χ3n) is 2.98. The molecule has 0 spiro atoms. The van der Waals surface area contributed by atoms with Gasteiger partial charge in [-0.15, -0.1) is 0 Å². The second-order valence-electron chi connectivity index (χ2n) is 4.42. The van der Waals surface area contributed by atoms with Gasteiger partial charge in [0.1, 0.15) is 6.54 Å². The standard InChI is InChI=1S/C14H14ClN3O2/c1-9-10(2)16-8-18(14(9)20)7-13(19)17-12-6-4-3-5-11(12)15/h3-6,8H,7H2,1-2H3,(H,17,19). The molecule has 0 aliphatic heterocycles. The van der Waals surface area contributed by atoms with Gasteiger partial charge in [-0.05, 0) is 26.0 Å². The minimum absolute atomic E-state index is 0.0990. The van der Waals surface area contributed by atoms with E-state index in [4.69, 9.17) is 11.6 Å². The lowest BCUT2D eigenvalue weighted by atomic mass is 10.3. The van der Waals surface area contributed by atoms with E-state index < -0.39 is 0 Å². The number of aromatic nitrogens is 2. The van der Waals surface area contributed by atoms with Crippen LogP contribution in [0.3, 0.4) is 0 Å². The molecule has 0 saturated carbocycles. The summed E-state index contributed by atoms with van der Waals surface area (Å²) < 4.78 is 1.27. The molecule has 0 radical (unpaired) electrons. The van der Waals surface area contributed by atoms with Gasteiger partial charge >= 0.3 is 0 Å². The number of benzene rings is 1. The number of halogens is 1. The number of nitrogens with one attached hydrogen (secondary N) is 1. The highest BCUT2D eigenvalue weighted by atomic mass is 35.5. The minimum Gasteiger partial charge on any atom is -0.323 e. The third-order valence-corrected chi connectivity index (χ3v) is 3.31. The van der Waals surface area contributed by atoms with Crippen LogP contribution in [0.1, 0.15) is 11.3 Å². The molecule has 0 atom stereocenters. The molecule has 0 aliphatic carbocycles. The van der Waals surface area contributed by atoms with E-state index in [-0.39, 0.29) is 18.0 Å². The van der Waals surface area contributed by atoms with Crippen LogP contribution in [-0.2, 0) is 11.3 Å². The van der Waals surface area contributed by atoms with E-state index in [0.29, 0.717) is 22.0 Å². The van der Waals surface area contributed by atoms with Crippen LogP contribution < -0.4 is 10.9 Å². The lowest BCUT2D eigenvalue weighted by Crippen LogP contribution is -2.29. The van der Waals surface area contributed by atoms with E-state index >= 15 is 0 Å². The van der Waals surface area contributed by atoms with Crippen molar-refractivity contribution in [3.63, 3.8) is 0 Å². The minimum atomic E-state index is -0.328. The number of aryl methyl sites for hydroxylation is 1. The molecule has 0 bridgehead atoms. The van der Waals surface area contributed by atoms with Gasteiger partial charge in [0.25, 0.3) is 5.56 Å². The quantitative estimate of drug-likeness (QED) is 0.942. The van der Waals surface area contributed by atoms with Crippen LogP contribution in [-0.4, -0.2) is 15.5 Å². The Bertz CT molecular complexity index is 710. The van der Waals surface area contributed by atoms with Crippen LogP contribution >= 0.6 is 11.6 Å². The summed E-state index contributed by atoms with van der Waals surface area (Å²) in [5.41, 5.74) is 1.51. The highest BCUT2D eigenvalue weighted by Crippen LogP contribution is 2.20. The average molecular weight is 292 g/mol. The number of carbonyl (C=O) groups excluding carboxylic acids is 1. The van der Waals surface area contributed by atoms with Gasteiger partial charge in [0, 0.05) is 11.3 Å². The molecule has 20 heavy (non-hydrogen) atoms. The Morgan fingerprint density at radius 3 is 2.75 bits per heavy atom. The Labute approximate surface area is 121 Å². The number of hydrogen-bond donors (Lipinski definition) is 1. The molecule has 0 saturated heterocycles. The molecule has 0 fully saturated rings. The average Bonchev–Trinajstić information content (AvgIpc) is 2.42. The van der Waals surface area contributed by atoms with Crippen molar-refractivity contribution in [2.45, 2.75) is 20.4 Å². The summed E-state index contributed by atoms with van der Waals surface area (Å²) in [5, 5.41) is 3.11. The third kappa shape index (κ3) is 3.05. The van der Waals surface area contributed by atoms with Gasteiger partial charge in [-0.3, -0.25) is 14.2 Å². The Morgan fingerprint density at radius 2 is 2.05 bits per heavy atom. The molecule has 2 aromatic rings. The smallest absolute Gasteiger partial charge is 0.256 e. The van der Waals surface area contributed by atoms with Crippen molar-refractivity contribution in [3.05, 3.63) is 57.2 Å². The number of para-hydroxylation sites is 1. The molecule has 6 heteroatoms. The van der Waals surface area contributed by atoms with Gasteiger partial charge in [0.05, 0.1) is 17.0 Å². The summed E-state index contributed by atoms with van der Waals surface area (Å²) in [6, 6.07) is 6.92. The van der Waals surface area contributed by atoms with E-state index in [0.717, 1.165) is 0 Å². The maximum Gasteiger partial charge on any atom is 0.256 e. The fraction of sp³-hybridized carbons (Fsp3) is 0.214.